The van der Waals surface area contributed by atoms with Gasteiger partial charge in [-0.25, -0.2) is 0 Å². The highest BCUT2D eigenvalue weighted by molar-refractivity contribution is 5.85. The molecule has 4 rings (SSSR count). The Morgan fingerprint density at radius 2 is 1.68 bits per heavy atom. The zero-order chi connectivity index (χ0) is 28.1. The van der Waals surface area contributed by atoms with E-state index in [1.807, 2.05) is 27.7 Å². The summed E-state index contributed by atoms with van der Waals surface area (Å²) in [5.74, 6) is -3.58. The highest BCUT2D eigenvalue weighted by atomic mass is 19.3. The molecular formula is C27H38F2N4O5. The van der Waals surface area contributed by atoms with Gasteiger partial charge in [0.15, 0.2) is 17.3 Å². The number of aliphatic hydroxyl groups is 1. The van der Waals surface area contributed by atoms with E-state index in [2.05, 4.69) is 10.2 Å². The molecule has 210 valence electrons. The first-order chi connectivity index (χ1) is 17.6. The van der Waals surface area contributed by atoms with Crippen LogP contribution in [-0.4, -0.2) is 63.0 Å². The van der Waals surface area contributed by atoms with Gasteiger partial charge >= 0.3 is 11.9 Å². The summed E-state index contributed by atoms with van der Waals surface area (Å²) in [6.45, 7) is 7.57. The minimum absolute atomic E-state index is 0.132. The van der Waals surface area contributed by atoms with E-state index in [1.54, 1.807) is 29.8 Å². The highest BCUT2D eigenvalue weighted by Gasteiger charge is 2.65. The van der Waals surface area contributed by atoms with Gasteiger partial charge in [-0.05, 0) is 55.1 Å². The van der Waals surface area contributed by atoms with Crippen molar-refractivity contribution in [1.29, 1.82) is 0 Å². The van der Waals surface area contributed by atoms with Gasteiger partial charge in [-0.2, -0.15) is 8.78 Å². The number of carbonyl (C=O) groups excluding carboxylic acids is 1. The van der Waals surface area contributed by atoms with Crippen molar-refractivity contribution < 1.29 is 32.9 Å². The third-order valence-corrected chi connectivity index (χ3v) is 7.60. The largest absolute Gasteiger partial charge is 0.493 e. The van der Waals surface area contributed by atoms with Crippen LogP contribution in [0, 0.1) is 10.8 Å². The van der Waals surface area contributed by atoms with Crippen LogP contribution in [0.3, 0.4) is 0 Å². The van der Waals surface area contributed by atoms with E-state index in [-0.39, 0.29) is 25.4 Å². The lowest BCUT2D eigenvalue weighted by Crippen LogP contribution is -2.62. The lowest BCUT2D eigenvalue weighted by Gasteiger charge is -2.51. The molecule has 1 N–H and O–H groups in total. The van der Waals surface area contributed by atoms with Crippen LogP contribution in [0.1, 0.15) is 71.7 Å². The first kappa shape index (κ1) is 28.1. The summed E-state index contributed by atoms with van der Waals surface area (Å²) in [4.78, 5) is 14.6. The number of carbonyl (C=O) groups is 1. The number of likely N-dealkylation sites (tertiary alicyclic amines) is 1. The van der Waals surface area contributed by atoms with Crippen LogP contribution in [0.2, 0.25) is 0 Å². The van der Waals surface area contributed by atoms with Crippen molar-refractivity contribution >= 4 is 5.91 Å². The summed E-state index contributed by atoms with van der Waals surface area (Å²) in [5.41, 5.74) is -3.51. The molecule has 38 heavy (non-hydrogen) atoms. The van der Waals surface area contributed by atoms with Gasteiger partial charge in [-0.3, -0.25) is 9.36 Å². The van der Waals surface area contributed by atoms with Crippen molar-refractivity contribution in [3.8, 4) is 23.3 Å². The molecule has 1 aromatic carbocycles. The van der Waals surface area contributed by atoms with E-state index in [0.717, 1.165) is 4.90 Å². The molecule has 1 atom stereocenters. The van der Waals surface area contributed by atoms with Crippen LogP contribution in [0.5, 0.6) is 23.3 Å². The quantitative estimate of drug-likeness (QED) is 0.538. The second-order valence-electron chi connectivity index (χ2n) is 12.1. The molecule has 2 fully saturated rings. The molecule has 2 aromatic rings. The van der Waals surface area contributed by atoms with Gasteiger partial charge < -0.3 is 24.2 Å². The predicted octanol–water partition coefficient (Wildman–Crippen LogP) is 4.89. The topological polar surface area (TPSA) is 98.9 Å². The molecule has 9 nitrogen and oxygen atoms in total. The zero-order valence-electron chi connectivity index (χ0n) is 23.2. The summed E-state index contributed by atoms with van der Waals surface area (Å²) >= 11 is 0. The number of hydrogen-bond donors (Lipinski definition) is 1. The molecule has 1 aliphatic carbocycles. The highest BCUT2D eigenvalue weighted by Crippen LogP contribution is 2.55. The van der Waals surface area contributed by atoms with E-state index < -0.39 is 34.3 Å². The number of rotatable bonds is 7. The Kier molecular flexibility index (Phi) is 7.14. The van der Waals surface area contributed by atoms with Gasteiger partial charge in [-0.1, -0.05) is 32.8 Å². The second-order valence-corrected chi connectivity index (χ2v) is 12.1. The molecule has 0 radical (unpaired) electrons. The Balaban J connectivity index is 1.58. The lowest BCUT2D eigenvalue weighted by atomic mass is 9.58. The summed E-state index contributed by atoms with van der Waals surface area (Å²) in [7, 11) is 4.69. The molecular weight excluding hydrogens is 498 g/mol. The Morgan fingerprint density at radius 3 is 2.29 bits per heavy atom. The molecule has 1 amide bonds. The number of nitrogens with zero attached hydrogens (tertiary/aromatic N) is 4. The number of benzene rings is 1. The lowest BCUT2D eigenvalue weighted by molar-refractivity contribution is -0.231. The summed E-state index contributed by atoms with van der Waals surface area (Å²) in [6, 6.07) is 4.40. The van der Waals surface area contributed by atoms with Crippen molar-refractivity contribution in [2.45, 2.75) is 77.4 Å². The van der Waals surface area contributed by atoms with Crippen LogP contribution in [-0.2, 0) is 11.8 Å². The average molecular weight is 537 g/mol. The fourth-order valence-electron chi connectivity index (χ4n) is 6.64. The maximum Gasteiger partial charge on any atom is 0.352 e. The van der Waals surface area contributed by atoms with E-state index in [4.69, 9.17) is 14.2 Å². The van der Waals surface area contributed by atoms with Gasteiger partial charge in [0.25, 0.3) is 5.91 Å². The third-order valence-electron chi connectivity index (χ3n) is 7.60. The van der Waals surface area contributed by atoms with Crippen molar-refractivity contribution in [1.82, 2.24) is 19.7 Å². The van der Waals surface area contributed by atoms with Crippen LogP contribution in [0.4, 0.5) is 8.78 Å². The van der Waals surface area contributed by atoms with Gasteiger partial charge in [0.05, 0.1) is 20.3 Å². The summed E-state index contributed by atoms with van der Waals surface area (Å²) in [5, 5.41) is 19.6. The number of ether oxygens (including phenoxy) is 3. The zero-order valence-corrected chi connectivity index (χ0v) is 23.2. The standard InChI is InChI=1S/C27H38F2N4O5/c1-24(2)14-25(3,4)16-26(35,15-24)27(28,29)22(34)33-12-8-9-18(33)21-30-31-23(32(21)5)38-17-10-11-19(36-6)20(13-17)37-7/h10-11,13,18,35H,8-9,12,14-16H2,1-7H3/t18-/m0/s1. The van der Waals surface area contributed by atoms with Crippen molar-refractivity contribution in [2.75, 3.05) is 20.8 Å². The second kappa shape index (κ2) is 9.66. The Hall–Kier alpha value is -2.95. The fraction of sp³-hybridized carbons (Fsp3) is 0.667. The number of methoxy groups -OCH3 is 2. The number of hydrogen-bond acceptors (Lipinski definition) is 7. The van der Waals surface area contributed by atoms with E-state index in [9.17, 15) is 9.90 Å². The normalized spacial score (nSPS) is 22.3. The van der Waals surface area contributed by atoms with Crippen molar-refractivity contribution in [3.05, 3.63) is 24.0 Å². The Morgan fingerprint density at radius 1 is 1.05 bits per heavy atom. The number of amides is 1. The SMILES string of the molecule is COc1ccc(Oc2nnc([C@@H]3CCCN3C(=O)C(F)(F)C3(O)CC(C)(C)CC(C)(C)C3)n2C)cc1OC. The maximum atomic E-state index is 15.9. The van der Waals surface area contributed by atoms with E-state index in [0.29, 0.717) is 42.3 Å². The van der Waals surface area contributed by atoms with Gasteiger partial charge in [-0.15, -0.1) is 5.10 Å². The maximum absolute atomic E-state index is 15.9. The van der Waals surface area contributed by atoms with Crippen molar-refractivity contribution in [3.63, 3.8) is 0 Å². The van der Waals surface area contributed by atoms with Gasteiger partial charge in [0.2, 0.25) is 0 Å². The molecule has 11 heteroatoms. The average Bonchev–Trinajstić information content (AvgIpc) is 3.42. The number of aromatic nitrogens is 3. The van der Waals surface area contributed by atoms with Gasteiger partial charge in [0, 0.05) is 19.7 Å². The molecule has 0 unspecified atom stereocenters. The first-order valence-electron chi connectivity index (χ1n) is 12.8. The smallest absolute Gasteiger partial charge is 0.352 e. The Labute approximate surface area is 222 Å². The Bertz CT molecular complexity index is 1180. The molecule has 2 heterocycles. The molecule has 2 aliphatic rings. The van der Waals surface area contributed by atoms with Crippen LogP contribution >= 0.6 is 0 Å². The molecule has 0 bridgehead atoms. The van der Waals surface area contributed by atoms with E-state index >= 15 is 8.78 Å². The molecule has 1 aliphatic heterocycles. The third kappa shape index (κ3) is 5.04. The monoisotopic (exact) mass is 536 g/mol. The van der Waals surface area contributed by atoms with Crippen LogP contribution < -0.4 is 14.2 Å². The van der Waals surface area contributed by atoms with Gasteiger partial charge in [0.1, 0.15) is 11.4 Å². The fourth-order valence-corrected chi connectivity index (χ4v) is 6.64. The minimum Gasteiger partial charge on any atom is -0.493 e. The van der Waals surface area contributed by atoms with Crippen molar-refractivity contribution in [2.24, 2.45) is 17.9 Å². The number of halogens is 2. The van der Waals surface area contributed by atoms with E-state index in [1.165, 1.54) is 14.2 Å². The van der Waals surface area contributed by atoms with Crippen LogP contribution in [0.15, 0.2) is 18.2 Å². The van der Waals surface area contributed by atoms with Crippen LogP contribution in [0.25, 0.3) is 0 Å². The predicted molar refractivity (Wildman–Crippen MR) is 136 cm³/mol. The first-order valence-corrected chi connectivity index (χ1v) is 12.8. The molecule has 0 spiro atoms. The minimum atomic E-state index is -3.96. The summed E-state index contributed by atoms with van der Waals surface area (Å²) in [6.07, 6.45) is 1.34. The molecule has 1 aromatic heterocycles. The summed E-state index contributed by atoms with van der Waals surface area (Å²) < 4.78 is 49.8. The molecule has 1 saturated heterocycles. The number of alkyl halides is 2. The molecule has 1 saturated carbocycles.